The van der Waals surface area contributed by atoms with Crippen LogP contribution in [0.25, 0.3) is 0 Å². The number of rotatable bonds is 7. The van der Waals surface area contributed by atoms with Gasteiger partial charge in [-0.25, -0.2) is 0 Å². The molecule has 0 bridgehead atoms. The Balaban J connectivity index is 2.68. The van der Waals surface area contributed by atoms with Crippen LogP contribution in [0.4, 0.5) is 5.69 Å². The summed E-state index contributed by atoms with van der Waals surface area (Å²) in [7, 11) is 2.59. The summed E-state index contributed by atoms with van der Waals surface area (Å²) in [5.41, 5.74) is 0.659. The topological polar surface area (TPSA) is 102 Å². The minimum absolute atomic E-state index is 0.0259. The number of nitro groups is 1. The van der Waals surface area contributed by atoms with Crippen molar-refractivity contribution < 1.29 is 19.5 Å². The van der Waals surface area contributed by atoms with E-state index in [1.165, 1.54) is 39.0 Å². The molecule has 0 amide bonds. The molecule has 1 rings (SSSR count). The van der Waals surface area contributed by atoms with Crippen LogP contribution < -0.4 is 5.23 Å². The van der Waals surface area contributed by atoms with Crippen LogP contribution in [0.3, 0.4) is 0 Å². The number of nitro benzene ring substituents is 1. The van der Waals surface area contributed by atoms with Crippen LogP contribution in [-0.2, 0) is 15.9 Å². The smallest absolute Gasteiger partial charge is 0.396 e. The van der Waals surface area contributed by atoms with Gasteiger partial charge in [0, 0.05) is 19.2 Å². The van der Waals surface area contributed by atoms with Crippen molar-refractivity contribution in [1.82, 2.24) is 5.23 Å². The third-order valence-corrected chi connectivity index (χ3v) is 2.27. The van der Waals surface area contributed by atoms with Gasteiger partial charge in [0.25, 0.3) is 5.69 Å². The molecule has 0 aromatic heterocycles. The first-order chi connectivity index (χ1) is 8.54. The summed E-state index contributed by atoms with van der Waals surface area (Å²) in [5.74, 6) is -1.03. The van der Waals surface area contributed by atoms with Crippen molar-refractivity contribution in [1.29, 1.82) is 0 Å². The fourth-order valence-corrected chi connectivity index (χ4v) is 1.36. The summed E-state index contributed by atoms with van der Waals surface area (Å²) in [4.78, 5) is 20.9. The highest BCUT2D eigenvalue weighted by molar-refractivity contribution is 6.24. The Bertz CT molecular complexity index is 423. The van der Waals surface area contributed by atoms with Gasteiger partial charge in [-0.2, -0.15) is 0 Å². The number of hydrogen-bond acceptors (Lipinski definition) is 5. The van der Waals surface area contributed by atoms with E-state index in [0.29, 0.717) is 5.56 Å². The Hall–Kier alpha value is -1.93. The second-order valence-corrected chi connectivity index (χ2v) is 3.54. The number of hydrogen-bond donors (Lipinski definition) is 2. The van der Waals surface area contributed by atoms with Gasteiger partial charge in [0.1, 0.15) is 6.04 Å². The molecule has 0 saturated heterocycles. The minimum atomic E-state index is -1.03. The van der Waals surface area contributed by atoms with E-state index in [4.69, 9.17) is 5.11 Å². The normalized spacial score (nSPS) is 11.8. The lowest BCUT2D eigenvalue weighted by Crippen LogP contribution is -2.41. The molecule has 1 aromatic carbocycles. The molecule has 0 saturated carbocycles. The molecule has 1 atom stereocenters. The molecule has 95 valence electrons. The summed E-state index contributed by atoms with van der Waals surface area (Å²) >= 11 is 0. The van der Waals surface area contributed by atoms with Crippen LogP contribution in [0.5, 0.6) is 0 Å². The van der Waals surface area contributed by atoms with E-state index in [1.807, 2.05) is 0 Å². The maximum absolute atomic E-state index is 10.9. The van der Waals surface area contributed by atoms with Gasteiger partial charge in [0.2, 0.25) is 0 Å². The van der Waals surface area contributed by atoms with Gasteiger partial charge in [-0.15, -0.1) is 0 Å². The van der Waals surface area contributed by atoms with Crippen LogP contribution in [0.2, 0.25) is 0 Å². The molecule has 0 unspecified atom stereocenters. The first-order valence-corrected chi connectivity index (χ1v) is 5.11. The monoisotopic (exact) mass is 251 g/mol. The van der Waals surface area contributed by atoms with Gasteiger partial charge >= 0.3 is 13.6 Å². The van der Waals surface area contributed by atoms with E-state index < -0.39 is 16.9 Å². The lowest BCUT2D eigenvalue weighted by Gasteiger charge is -2.12. The highest BCUT2D eigenvalue weighted by Crippen LogP contribution is 2.13. The average molecular weight is 251 g/mol. The van der Waals surface area contributed by atoms with Gasteiger partial charge in [-0.3, -0.25) is 14.9 Å². The lowest BCUT2D eigenvalue weighted by atomic mass is 10.0. The molecule has 1 aromatic rings. The second kappa shape index (κ2) is 6.72. The molecule has 8 heteroatoms. The molecule has 0 spiro atoms. The largest absolute Gasteiger partial charge is 0.480 e. The van der Waals surface area contributed by atoms with E-state index >= 15 is 0 Å². The summed E-state index contributed by atoms with van der Waals surface area (Å²) in [5, 5.41) is 22.0. The molecule has 7 nitrogen and oxygen atoms in total. The first-order valence-electron chi connectivity index (χ1n) is 5.11. The third kappa shape index (κ3) is 4.15. The summed E-state index contributed by atoms with van der Waals surface area (Å²) in [6.45, 7) is 0. The zero-order chi connectivity index (χ0) is 13.5. The standard InChI is InChI=1S/C10H12BN2O5/c1-18-11-12-9(10(14)15)6-7-2-4-8(5-3-7)13(16)17/h2-5,9,12H,6H2,1H3,(H,14,15)/t9-/m1/s1. The number of aliphatic carboxylic acids is 1. The molecule has 0 aliphatic carbocycles. The predicted octanol–water partition coefficient (Wildman–Crippen LogP) is 0.361. The predicted molar refractivity (Wildman–Crippen MR) is 64.1 cm³/mol. The zero-order valence-electron chi connectivity index (χ0n) is 9.70. The van der Waals surface area contributed by atoms with Crippen molar-refractivity contribution in [3.63, 3.8) is 0 Å². The van der Waals surface area contributed by atoms with E-state index in [2.05, 4.69) is 9.88 Å². The first kappa shape index (κ1) is 14.1. The Morgan fingerprint density at radius 3 is 2.61 bits per heavy atom. The molecule has 2 N–H and O–H groups in total. The van der Waals surface area contributed by atoms with Crippen molar-refractivity contribution in [2.75, 3.05) is 7.11 Å². The van der Waals surface area contributed by atoms with Crippen LogP contribution >= 0.6 is 0 Å². The molecule has 1 radical (unpaired) electrons. The second-order valence-electron chi connectivity index (χ2n) is 3.54. The highest BCUT2D eigenvalue weighted by atomic mass is 16.6. The van der Waals surface area contributed by atoms with Crippen molar-refractivity contribution in [2.45, 2.75) is 12.5 Å². The maximum atomic E-state index is 10.9. The minimum Gasteiger partial charge on any atom is -0.480 e. The Kier molecular flexibility index (Phi) is 5.28. The fraction of sp³-hybridized carbons (Fsp3) is 0.300. The van der Waals surface area contributed by atoms with E-state index in [1.54, 1.807) is 0 Å². The number of nitrogens with zero attached hydrogens (tertiary/aromatic N) is 1. The fourth-order valence-electron chi connectivity index (χ4n) is 1.36. The number of non-ortho nitro benzene ring substituents is 1. The molecular weight excluding hydrogens is 239 g/mol. The van der Waals surface area contributed by atoms with Gasteiger partial charge in [-0.1, -0.05) is 12.1 Å². The van der Waals surface area contributed by atoms with E-state index in [-0.39, 0.29) is 12.1 Å². The number of carboxylic acids is 1. The van der Waals surface area contributed by atoms with Crippen LogP contribution in [-0.4, -0.2) is 36.8 Å². The van der Waals surface area contributed by atoms with Gasteiger partial charge in [0.05, 0.1) is 4.92 Å². The zero-order valence-corrected chi connectivity index (χ0v) is 9.70. The lowest BCUT2D eigenvalue weighted by molar-refractivity contribution is -0.384. The highest BCUT2D eigenvalue weighted by Gasteiger charge is 2.18. The average Bonchev–Trinajstić information content (AvgIpc) is 2.34. The number of carbonyl (C=O) groups is 1. The van der Waals surface area contributed by atoms with Crippen molar-refractivity contribution in [2.24, 2.45) is 0 Å². The Labute approximate surface area is 104 Å². The van der Waals surface area contributed by atoms with Crippen molar-refractivity contribution in [3.05, 3.63) is 39.9 Å². The summed E-state index contributed by atoms with van der Waals surface area (Å²) in [6.07, 6.45) is 0.202. The van der Waals surface area contributed by atoms with Gasteiger partial charge < -0.3 is 15.0 Å². The van der Waals surface area contributed by atoms with E-state index in [0.717, 1.165) is 0 Å². The Morgan fingerprint density at radius 2 is 2.17 bits per heavy atom. The van der Waals surface area contributed by atoms with Crippen molar-refractivity contribution in [3.8, 4) is 0 Å². The van der Waals surface area contributed by atoms with Crippen molar-refractivity contribution >= 4 is 19.3 Å². The molecule has 0 aliphatic heterocycles. The van der Waals surface area contributed by atoms with E-state index in [9.17, 15) is 14.9 Å². The quantitative estimate of drug-likeness (QED) is 0.412. The number of nitrogens with one attached hydrogen (secondary N) is 1. The van der Waals surface area contributed by atoms with Gasteiger partial charge in [0.15, 0.2) is 0 Å². The molecule has 18 heavy (non-hydrogen) atoms. The maximum Gasteiger partial charge on any atom is 0.396 e. The number of carboxylic acid groups (broad SMARTS) is 1. The number of benzene rings is 1. The Morgan fingerprint density at radius 1 is 1.56 bits per heavy atom. The molecular formula is C10H12BN2O5. The van der Waals surface area contributed by atoms with Crippen LogP contribution in [0.1, 0.15) is 5.56 Å². The SMILES string of the molecule is CO[B]N[C@H](Cc1ccc([N+](=O)[O-])cc1)C(=O)O. The molecule has 0 heterocycles. The van der Waals surface area contributed by atoms with Gasteiger partial charge in [-0.05, 0) is 12.0 Å². The molecule has 0 fully saturated rings. The summed E-state index contributed by atoms with van der Waals surface area (Å²) in [6, 6.07) is 4.90. The van der Waals surface area contributed by atoms with Crippen LogP contribution in [0.15, 0.2) is 24.3 Å². The molecule has 0 aliphatic rings. The summed E-state index contributed by atoms with van der Waals surface area (Å²) < 4.78 is 4.62. The third-order valence-electron chi connectivity index (χ3n) is 2.27. The van der Waals surface area contributed by atoms with Crippen LogP contribution in [0, 0.1) is 10.1 Å².